The van der Waals surface area contributed by atoms with Gasteiger partial charge in [-0.2, -0.15) is 0 Å². The third kappa shape index (κ3) is 16.4. The average molecular weight is 1150 g/mol. The fraction of sp³-hybridized carbons (Fsp3) is 0.126. The van der Waals surface area contributed by atoms with Crippen LogP contribution in [0.4, 0.5) is 5.69 Å². The molecule has 0 radical (unpaired) electrons. The van der Waals surface area contributed by atoms with Gasteiger partial charge in [0.25, 0.3) is 0 Å². The maximum Gasteiger partial charge on any atom is 0.0705 e. The van der Waals surface area contributed by atoms with Crippen LogP contribution in [-0.4, -0.2) is 10.7 Å². The summed E-state index contributed by atoms with van der Waals surface area (Å²) in [5, 5.41) is 14.7. The van der Waals surface area contributed by atoms with Crippen LogP contribution in [0, 0.1) is 40.5 Å². The van der Waals surface area contributed by atoms with Crippen LogP contribution in [0.3, 0.4) is 0 Å². The van der Waals surface area contributed by atoms with E-state index in [1.54, 1.807) is 0 Å². The topological polar surface area (TPSA) is 25.2 Å². The molecule has 1 aliphatic heterocycles. The number of benzene rings is 13. The Morgan fingerprint density at radius 2 is 0.820 bits per heavy atom. The third-order valence-electron chi connectivity index (χ3n) is 16.4. The highest BCUT2D eigenvalue weighted by Gasteiger charge is 2.23. The van der Waals surface area contributed by atoms with Gasteiger partial charge < -0.3 is 0 Å². The van der Waals surface area contributed by atoms with Crippen LogP contribution in [0.15, 0.2) is 308 Å². The molecule has 2 aliphatic carbocycles. The number of pyridine rings is 1. The fourth-order valence-corrected chi connectivity index (χ4v) is 11.8. The molecule has 0 saturated heterocycles. The standard InChI is InChI=1S/C15H12.C14H12.2C11H10.C10H9N.C10H10.C9H9N.C7H8/c1-11-14-8-4-2-6-12(14)10-13-7-3-5-9-15(11)13;1-10-11-6-2-4-8-13(11)14-9-5-3-7-12(10)14;1-9-5-4-7-10-6-2-3-8-11(9)10;1-9-6-7-10-4-2-3-5-11(10)8-9;1-8-6-7-9-4-2-3-5-10(9)11-8;1-8-6-9-4-2-3-5-10(9)7-8;1-7-6-8-4-2-3-5-9(8)10-7;1-7-5-3-2-4-6-7/h2-10H,1H3;2-10H,1H3;2*2-8H,1H3;2-7H,1H3;2-8H,1H3;2-5H,6H2,1H3;2-6H,1H3. The quantitative estimate of drug-likeness (QED) is 0.139. The number of rotatable bonds is 0. The maximum absolute atomic E-state index is 4.38. The van der Waals surface area contributed by atoms with E-state index in [1.807, 2.05) is 55.5 Å². The summed E-state index contributed by atoms with van der Waals surface area (Å²) in [5.41, 5.74) is 17.0. The number of para-hydroxylation sites is 2. The zero-order valence-corrected chi connectivity index (χ0v) is 52.8. The van der Waals surface area contributed by atoms with Gasteiger partial charge >= 0.3 is 0 Å². The Labute approximate surface area is 527 Å². The number of fused-ring (bicyclic) bond motifs is 10. The first-order chi connectivity index (χ1) is 43.4. The van der Waals surface area contributed by atoms with E-state index in [0.717, 1.165) is 23.3 Å². The predicted octanol–water partition coefficient (Wildman–Crippen LogP) is 22.2. The van der Waals surface area contributed by atoms with Crippen LogP contribution in [0.1, 0.15) is 71.3 Å². The highest BCUT2D eigenvalue weighted by Crippen LogP contribution is 2.44. The molecule has 2 nitrogen and oxygen atoms in total. The molecule has 13 aromatic carbocycles. The molecule has 2 heteroatoms. The molecule has 89 heavy (non-hydrogen) atoms. The van der Waals surface area contributed by atoms with E-state index in [1.165, 1.54) is 115 Å². The van der Waals surface area contributed by atoms with Crippen molar-refractivity contribution in [2.75, 3.05) is 0 Å². The smallest absolute Gasteiger partial charge is 0.0705 e. The van der Waals surface area contributed by atoms with E-state index in [9.17, 15) is 0 Å². The number of hydrogen-bond acceptors (Lipinski definition) is 2. The Balaban J connectivity index is 0.000000113. The summed E-state index contributed by atoms with van der Waals surface area (Å²) in [6, 6.07) is 106. The van der Waals surface area contributed by atoms with Gasteiger partial charge in [-0.3, -0.25) is 9.98 Å². The molecule has 0 spiro atoms. The molecule has 0 amide bonds. The van der Waals surface area contributed by atoms with Gasteiger partial charge in [0.15, 0.2) is 0 Å². The first-order valence-electron chi connectivity index (χ1n) is 31.2. The largest absolute Gasteiger partial charge is 0.257 e. The molecule has 1 aromatic heterocycles. The molecule has 0 fully saturated rings. The van der Waals surface area contributed by atoms with Gasteiger partial charge in [-0.15, -0.1) is 0 Å². The highest BCUT2D eigenvalue weighted by atomic mass is 14.8. The summed E-state index contributed by atoms with van der Waals surface area (Å²) >= 11 is 0. The second kappa shape index (κ2) is 30.4. The molecule has 0 saturated carbocycles. The first-order valence-corrected chi connectivity index (χ1v) is 31.2. The van der Waals surface area contributed by atoms with E-state index in [2.05, 4.69) is 325 Å². The lowest BCUT2D eigenvalue weighted by atomic mass is 9.98. The van der Waals surface area contributed by atoms with E-state index < -0.39 is 0 Å². The summed E-state index contributed by atoms with van der Waals surface area (Å²) in [5.74, 6) is 1.18. The Morgan fingerprint density at radius 3 is 1.43 bits per heavy atom. The molecular weight excluding hydrogens is 1070 g/mol. The third-order valence-corrected chi connectivity index (χ3v) is 16.4. The molecule has 17 rings (SSSR count). The Kier molecular flexibility index (Phi) is 21.1. The van der Waals surface area contributed by atoms with Gasteiger partial charge in [0.05, 0.1) is 11.2 Å². The molecule has 438 valence electrons. The highest BCUT2D eigenvalue weighted by molar-refractivity contribution is 6.02. The Hall–Kier alpha value is -10.3. The normalized spacial score (nSPS) is 11.9. The molecular formula is C87H80N2. The SMILES string of the molecule is CC1=Nc2ccccc2C1.CC1C=c2ccccc2=C1.CC1c2ccccc2-c2ccccc21.Cc1c2ccccc2cc2ccccc12.Cc1ccc2ccccc2c1.Cc1ccc2ccccc2n1.Cc1cccc2ccccc12.Cc1ccccc1. The lowest BCUT2D eigenvalue weighted by Crippen LogP contribution is -2.19. The second-order valence-corrected chi connectivity index (χ2v) is 23.3. The van der Waals surface area contributed by atoms with Crippen LogP contribution >= 0.6 is 0 Å². The number of aryl methyl sites for hydroxylation is 5. The zero-order chi connectivity index (χ0) is 61.9. The van der Waals surface area contributed by atoms with Gasteiger partial charge in [-0.25, -0.2) is 0 Å². The van der Waals surface area contributed by atoms with Crippen LogP contribution in [0.25, 0.3) is 77.3 Å². The van der Waals surface area contributed by atoms with Crippen molar-refractivity contribution in [2.45, 2.75) is 67.7 Å². The van der Waals surface area contributed by atoms with Crippen LogP contribution < -0.4 is 10.4 Å². The van der Waals surface area contributed by atoms with Crippen molar-refractivity contribution in [3.8, 4) is 11.1 Å². The van der Waals surface area contributed by atoms with E-state index in [-0.39, 0.29) is 0 Å². The average Bonchev–Trinajstić information content (AvgIpc) is 1.80. The number of hydrogen-bond donors (Lipinski definition) is 0. The van der Waals surface area contributed by atoms with Crippen LogP contribution in [0.2, 0.25) is 0 Å². The number of aliphatic imine (C=N–C) groups is 1. The van der Waals surface area contributed by atoms with E-state index in [0.29, 0.717) is 11.8 Å². The fourth-order valence-electron chi connectivity index (χ4n) is 11.8. The van der Waals surface area contributed by atoms with Gasteiger partial charge in [0.2, 0.25) is 0 Å². The summed E-state index contributed by atoms with van der Waals surface area (Å²) in [6.45, 7) is 17.1. The number of aromatic nitrogens is 1. The first kappa shape index (κ1) is 61.8. The minimum atomic E-state index is 0.558. The Bertz CT molecular complexity index is 4600. The number of nitrogens with zero attached hydrogens (tertiary/aromatic N) is 2. The second-order valence-electron chi connectivity index (χ2n) is 23.3. The van der Waals surface area contributed by atoms with E-state index >= 15 is 0 Å². The van der Waals surface area contributed by atoms with Crippen molar-refractivity contribution in [3.63, 3.8) is 0 Å². The zero-order valence-electron chi connectivity index (χ0n) is 52.8. The Morgan fingerprint density at radius 1 is 0.337 bits per heavy atom. The predicted molar refractivity (Wildman–Crippen MR) is 387 cm³/mol. The van der Waals surface area contributed by atoms with Crippen molar-refractivity contribution in [3.05, 3.63) is 358 Å². The maximum atomic E-state index is 4.38. The van der Waals surface area contributed by atoms with Gasteiger partial charge in [-0.1, -0.05) is 316 Å². The van der Waals surface area contributed by atoms with Crippen molar-refractivity contribution >= 4 is 77.5 Å². The monoisotopic (exact) mass is 1150 g/mol. The molecule has 3 aliphatic rings. The summed E-state index contributed by atoms with van der Waals surface area (Å²) in [7, 11) is 0. The van der Waals surface area contributed by atoms with Crippen LogP contribution in [0.5, 0.6) is 0 Å². The van der Waals surface area contributed by atoms with Gasteiger partial charge in [-0.05, 0) is 164 Å². The van der Waals surface area contributed by atoms with Crippen LogP contribution in [-0.2, 0) is 6.42 Å². The molecule has 14 aromatic rings. The van der Waals surface area contributed by atoms with Gasteiger partial charge in [0.1, 0.15) is 0 Å². The van der Waals surface area contributed by atoms with Crippen molar-refractivity contribution < 1.29 is 0 Å². The summed E-state index contributed by atoms with van der Waals surface area (Å²) < 4.78 is 0. The van der Waals surface area contributed by atoms with Gasteiger partial charge in [0, 0.05) is 29.1 Å². The molecule has 0 N–H and O–H groups in total. The van der Waals surface area contributed by atoms with Crippen molar-refractivity contribution in [1.29, 1.82) is 0 Å². The minimum absolute atomic E-state index is 0.558. The van der Waals surface area contributed by atoms with E-state index in [4.69, 9.17) is 0 Å². The van der Waals surface area contributed by atoms with Crippen molar-refractivity contribution in [2.24, 2.45) is 10.9 Å². The molecule has 0 unspecified atom stereocenters. The minimum Gasteiger partial charge on any atom is -0.257 e. The molecule has 0 bridgehead atoms. The summed E-state index contributed by atoms with van der Waals surface area (Å²) in [6.07, 6.45) is 5.61. The lowest BCUT2D eigenvalue weighted by Gasteiger charge is -2.06. The summed E-state index contributed by atoms with van der Waals surface area (Å²) in [4.78, 5) is 8.74. The molecule has 0 atom stereocenters. The lowest BCUT2D eigenvalue weighted by molar-refractivity contribution is 0.957. The molecule has 2 heterocycles. The van der Waals surface area contributed by atoms with Crippen molar-refractivity contribution in [1.82, 2.24) is 4.98 Å².